The fourth-order valence-corrected chi connectivity index (χ4v) is 3.91. The molecule has 0 bridgehead atoms. The molecule has 2 aliphatic rings. The molecule has 4 nitrogen and oxygen atoms in total. The van der Waals surface area contributed by atoms with Gasteiger partial charge in [0, 0.05) is 26.1 Å². The van der Waals surface area contributed by atoms with E-state index in [1.54, 1.807) is 6.92 Å². The van der Waals surface area contributed by atoms with E-state index in [0.29, 0.717) is 16.5 Å². The van der Waals surface area contributed by atoms with Crippen LogP contribution < -0.4 is 0 Å². The number of halogens is 2. The van der Waals surface area contributed by atoms with Gasteiger partial charge in [0.2, 0.25) is 0 Å². The van der Waals surface area contributed by atoms with Crippen LogP contribution in [0.3, 0.4) is 0 Å². The molecule has 1 aromatic carbocycles. The van der Waals surface area contributed by atoms with Crippen molar-refractivity contribution in [2.75, 3.05) is 19.7 Å². The Morgan fingerprint density at radius 1 is 1.26 bits per heavy atom. The minimum Gasteiger partial charge on any atom is -0.388 e. The first-order chi connectivity index (χ1) is 10.8. The Kier molecular flexibility index (Phi) is 4.94. The maximum Gasteiger partial charge on any atom is 0.106 e. The Hall–Kier alpha value is -0.360. The summed E-state index contributed by atoms with van der Waals surface area (Å²) in [4.78, 5) is 2.36. The topological polar surface area (TPSA) is 52.9 Å². The van der Waals surface area contributed by atoms with Gasteiger partial charge in [-0.1, -0.05) is 29.3 Å². The molecule has 2 saturated heterocycles. The maximum atomic E-state index is 10.3. The summed E-state index contributed by atoms with van der Waals surface area (Å²) in [5.41, 5.74) is -0.233. The summed E-state index contributed by atoms with van der Waals surface area (Å²) < 4.78 is 5.91. The second-order valence-corrected chi connectivity index (χ2v) is 7.88. The minimum absolute atomic E-state index is 0.208. The van der Waals surface area contributed by atoms with E-state index >= 15 is 0 Å². The molecule has 2 aliphatic heterocycles. The number of aliphatic hydroxyl groups excluding tert-OH is 1. The Morgan fingerprint density at radius 3 is 2.57 bits per heavy atom. The molecule has 0 amide bonds. The Bertz CT molecular complexity index is 571. The first-order valence-corrected chi connectivity index (χ1v) is 8.76. The van der Waals surface area contributed by atoms with Crippen molar-refractivity contribution < 1.29 is 14.9 Å². The number of piperidine rings is 1. The zero-order valence-corrected chi connectivity index (χ0v) is 14.8. The van der Waals surface area contributed by atoms with E-state index in [1.165, 1.54) is 0 Å². The lowest BCUT2D eigenvalue weighted by Crippen LogP contribution is -2.59. The minimum atomic E-state index is -1.07. The van der Waals surface area contributed by atoms with E-state index in [2.05, 4.69) is 4.90 Å². The van der Waals surface area contributed by atoms with Crippen LogP contribution in [0.5, 0.6) is 0 Å². The average Bonchev–Trinajstić information content (AvgIpc) is 2.50. The highest BCUT2D eigenvalue weighted by Crippen LogP contribution is 2.39. The molecule has 3 rings (SSSR count). The fraction of sp³-hybridized carbons (Fsp3) is 0.647. The Balaban J connectivity index is 1.59. The van der Waals surface area contributed by atoms with E-state index < -0.39 is 11.7 Å². The van der Waals surface area contributed by atoms with Crippen LogP contribution in [0.2, 0.25) is 10.0 Å². The summed E-state index contributed by atoms with van der Waals surface area (Å²) in [5, 5.41) is 21.3. The van der Waals surface area contributed by atoms with Crippen LogP contribution in [0.4, 0.5) is 0 Å². The third-order valence-corrected chi connectivity index (χ3v) is 5.84. The zero-order valence-electron chi connectivity index (χ0n) is 13.3. The number of likely N-dealkylation sites (tertiary alicyclic amines) is 1. The van der Waals surface area contributed by atoms with Crippen LogP contribution >= 0.6 is 23.2 Å². The van der Waals surface area contributed by atoms with Crippen LogP contribution in [-0.4, -0.2) is 52.1 Å². The average molecular weight is 360 g/mol. The molecule has 0 unspecified atom stereocenters. The van der Waals surface area contributed by atoms with Gasteiger partial charge in [0.25, 0.3) is 0 Å². The lowest BCUT2D eigenvalue weighted by molar-refractivity contribution is -0.223. The third kappa shape index (κ3) is 3.84. The van der Waals surface area contributed by atoms with Crippen molar-refractivity contribution in [3.05, 3.63) is 33.8 Å². The summed E-state index contributed by atoms with van der Waals surface area (Å²) in [6.45, 7) is 4.52. The summed E-state index contributed by atoms with van der Waals surface area (Å²) in [7, 11) is 0. The van der Waals surface area contributed by atoms with Crippen molar-refractivity contribution in [2.45, 2.75) is 50.0 Å². The maximum absolute atomic E-state index is 10.3. The highest BCUT2D eigenvalue weighted by molar-refractivity contribution is 6.42. The summed E-state index contributed by atoms with van der Waals surface area (Å²) in [6, 6.07) is 5.73. The van der Waals surface area contributed by atoms with Crippen LogP contribution in [0.1, 0.15) is 31.7 Å². The molecule has 0 aromatic heterocycles. The molecule has 1 spiro atoms. The van der Waals surface area contributed by atoms with Gasteiger partial charge >= 0.3 is 0 Å². The highest BCUT2D eigenvalue weighted by Gasteiger charge is 2.48. The van der Waals surface area contributed by atoms with Gasteiger partial charge in [0.1, 0.15) is 6.10 Å². The largest absolute Gasteiger partial charge is 0.388 e. The van der Waals surface area contributed by atoms with Crippen LogP contribution in [-0.2, 0) is 11.3 Å². The van der Waals surface area contributed by atoms with Gasteiger partial charge in [-0.2, -0.15) is 0 Å². The van der Waals surface area contributed by atoms with E-state index in [4.69, 9.17) is 27.9 Å². The smallest absolute Gasteiger partial charge is 0.106 e. The lowest BCUT2D eigenvalue weighted by atomic mass is 9.76. The van der Waals surface area contributed by atoms with Crippen molar-refractivity contribution in [3.8, 4) is 0 Å². The van der Waals surface area contributed by atoms with E-state index in [0.717, 1.165) is 38.0 Å². The number of aliphatic hydroxyl groups is 2. The molecular weight excluding hydrogens is 337 g/mol. The van der Waals surface area contributed by atoms with Crippen molar-refractivity contribution in [2.24, 2.45) is 0 Å². The van der Waals surface area contributed by atoms with Gasteiger partial charge in [0.15, 0.2) is 0 Å². The van der Waals surface area contributed by atoms with Crippen LogP contribution in [0.25, 0.3) is 0 Å². The number of nitrogens with zero attached hydrogens (tertiary/aromatic N) is 1. The molecule has 2 heterocycles. The van der Waals surface area contributed by atoms with Gasteiger partial charge in [-0.05, 0) is 37.5 Å². The highest BCUT2D eigenvalue weighted by atomic mass is 35.5. The molecular formula is C17H23Cl2NO3. The van der Waals surface area contributed by atoms with Gasteiger partial charge in [-0.25, -0.2) is 0 Å². The van der Waals surface area contributed by atoms with Gasteiger partial charge in [-0.15, -0.1) is 0 Å². The second-order valence-electron chi connectivity index (χ2n) is 7.07. The SMILES string of the molecule is C[C@]1(O)CC2(CCN(Cc3ccc(Cl)c(Cl)c3)CC2)OC[C@@H]1O. The number of hydrogen-bond donors (Lipinski definition) is 2. The van der Waals surface area contributed by atoms with Crippen LogP contribution in [0, 0.1) is 0 Å². The Morgan fingerprint density at radius 2 is 1.96 bits per heavy atom. The molecule has 0 saturated carbocycles. The molecule has 2 atom stereocenters. The predicted molar refractivity (Wildman–Crippen MR) is 90.9 cm³/mol. The summed E-state index contributed by atoms with van der Waals surface area (Å²) >= 11 is 12.0. The monoisotopic (exact) mass is 359 g/mol. The van der Waals surface area contributed by atoms with Crippen LogP contribution in [0.15, 0.2) is 18.2 Å². The normalized spacial score (nSPS) is 31.4. The molecule has 6 heteroatoms. The molecule has 128 valence electrons. The van der Waals surface area contributed by atoms with Crippen molar-refractivity contribution in [1.29, 1.82) is 0 Å². The van der Waals surface area contributed by atoms with E-state index in [-0.39, 0.29) is 12.2 Å². The molecule has 0 radical (unpaired) electrons. The quantitative estimate of drug-likeness (QED) is 0.852. The number of benzene rings is 1. The van der Waals surface area contributed by atoms with Gasteiger partial charge in [0.05, 0.1) is 27.9 Å². The van der Waals surface area contributed by atoms with Crippen molar-refractivity contribution in [1.82, 2.24) is 4.90 Å². The molecule has 0 aliphatic carbocycles. The summed E-state index contributed by atoms with van der Waals surface area (Å²) in [6.07, 6.45) is 1.40. The van der Waals surface area contributed by atoms with Gasteiger partial charge in [-0.3, -0.25) is 4.90 Å². The van der Waals surface area contributed by atoms with Gasteiger partial charge < -0.3 is 14.9 Å². The number of rotatable bonds is 2. The van der Waals surface area contributed by atoms with Crippen molar-refractivity contribution in [3.63, 3.8) is 0 Å². The number of ether oxygens (including phenoxy) is 1. The zero-order chi connectivity index (χ0) is 16.7. The summed E-state index contributed by atoms with van der Waals surface area (Å²) in [5.74, 6) is 0. The first kappa shape index (κ1) is 17.5. The van der Waals surface area contributed by atoms with E-state index in [9.17, 15) is 10.2 Å². The second kappa shape index (κ2) is 6.51. The first-order valence-electron chi connectivity index (χ1n) is 8.00. The lowest BCUT2D eigenvalue weighted by Gasteiger charge is -2.50. The molecule has 23 heavy (non-hydrogen) atoms. The predicted octanol–water partition coefficient (Wildman–Crippen LogP) is 2.86. The molecule has 2 N–H and O–H groups in total. The third-order valence-electron chi connectivity index (χ3n) is 5.10. The standard InChI is InChI=1S/C17H23Cl2NO3/c1-16(22)11-17(23-10-15(16)21)4-6-20(7-5-17)9-12-2-3-13(18)14(19)8-12/h2-3,8,15,21-22H,4-7,9-11H2,1H3/t15-,16-/m0/s1. The molecule has 2 fully saturated rings. The van der Waals surface area contributed by atoms with Crippen molar-refractivity contribution >= 4 is 23.2 Å². The molecule has 1 aromatic rings. The van der Waals surface area contributed by atoms with E-state index in [1.807, 2.05) is 18.2 Å². The number of hydrogen-bond acceptors (Lipinski definition) is 4. The fourth-order valence-electron chi connectivity index (χ4n) is 3.59. The Labute approximate surface area is 147 Å².